The van der Waals surface area contributed by atoms with Crippen LogP contribution in [0.5, 0.6) is 0 Å². The lowest BCUT2D eigenvalue weighted by Gasteiger charge is -2.19. The van der Waals surface area contributed by atoms with Crippen LogP contribution in [0, 0.1) is 17.7 Å². The van der Waals surface area contributed by atoms with Crippen molar-refractivity contribution in [2.24, 2.45) is 11.8 Å². The van der Waals surface area contributed by atoms with Crippen LogP contribution in [0.1, 0.15) is 37.4 Å². The number of hydrogen-bond acceptors (Lipinski definition) is 3. The third-order valence-corrected chi connectivity index (χ3v) is 4.52. The summed E-state index contributed by atoms with van der Waals surface area (Å²) in [7, 11) is 0. The number of nitrogens with zero attached hydrogens (tertiary/aromatic N) is 1. The number of likely N-dealkylation sites (tertiary alicyclic amines) is 1. The SMILES string of the molecule is O=C1[C@H]2CCCC[C@H]2C(=O)N1C[C@@H](O)c1cccc(F)c1. The molecule has 21 heavy (non-hydrogen) atoms. The minimum absolute atomic E-state index is 0.0892. The van der Waals surface area contributed by atoms with Gasteiger partial charge in [0.15, 0.2) is 0 Å². The number of aliphatic hydroxyl groups is 1. The summed E-state index contributed by atoms with van der Waals surface area (Å²) in [6, 6.07) is 5.60. The van der Waals surface area contributed by atoms with Crippen molar-refractivity contribution in [3.05, 3.63) is 35.6 Å². The van der Waals surface area contributed by atoms with Gasteiger partial charge in [0, 0.05) is 0 Å². The first kappa shape index (κ1) is 14.2. The molecule has 1 aliphatic heterocycles. The van der Waals surface area contributed by atoms with E-state index in [1.807, 2.05) is 0 Å². The highest BCUT2D eigenvalue weighted by Gasteiger charge is 2.48. The van der Waals surface area contributed by atoms with E-state index >= 15 is 0 Å². The number of halogens is 1. The zero-order chi connectivity index (χ0) is 15.0. The Hall–Kier alpha value is -1.75. The van der Waals surface area contributed by atoms with Crippen LogP contribution >= 0.6 is 0 Å². The summed E-state index contributed by atoms with van der Waals surface area (Å²) in [6.45, 7) is -0.0892. The first-order chi connectivity index (χ1) is 10.1. The first-order valence-corrected chi connectivity index (χ1v) is 7.36. The molecular formula is C16H18FNO3. The van der Waals surface area contributed by atoms with E-state index in [1.165, 1.54) is 18.2 Å². The number of amides is 2. The number of fused-ring (bicyclic) bond motifs is 1. The van der Waals surface area contributed by atoms with Gasteiger partial charge in [0.2, 0.25) is 11.8 Å². The molecular weight excluding hydrogens is 273 g/mol. The normalized spacial score (nSPS) is 26.9. The number of benzene rings is 1. The third kappa shape index (κ3) is 2.58. The van der Waals surface area contributed by atoms with Crippen LogP contribution in [-0.4, -0.2) is 28.4 Å². The average Bonchev–Trinajstić information content (AvgIpc) is 2.73. The van der Waals surface area contributed by atoms with Crippen molar-refractivity contribution in [3.63, 3.8) is 0 Å². The fraction of sp³-hybridized carbons (Fsp3) is 0.500. The number of rotatable bonds is 3. The Bertz CT molecular complexity index is 550. The highest BCUT2D eigenvalue weighted by molar-refractivity contribution is 6.05. The predicted octanol–water partition coefficient (Wildman–Crippen LogP) is 2.03. The van der Waals surface area contributed by atoms with E-state index in [-0.39, 0.29) is 30.2 Å². The van der Waals surface area contributed by atoms with Crippen molar-refractivity contribution in [1.29, 1.82) is 0 Å². The Morgan fingerprint density at radius 3 is 2.38 bits per heavy atom. The monoisotopic (exact) mass is 291 g/mol. The maximum absolute atomic E-state index is 13.2. The van der Waals surface area contributed by atoms with Gasteiger partial charge in [0.05, 0.1) is 24.5 Å². The zero-order valence-corrected chi connectivity index (χ0v) is 11.7. The van der Waals surface area contributed by atoms with Gasteiger partial charge in [-0.05, 0) is 30.5 Å². The summed E-state index contributed by atoms with van der Waals surface area (Å²) in [5.41, 5.74) is 0.380. The van der Waals surface area contributed by atoms with Gasteiger partial charge in [-0.25, -0.2) is 4.39 Å². The molecule has 2 aliphatic rings. The molecule has 1 saturated heterocycles. The molecule has 0 spiro atoms. The lowest BCUT2D eigenvalue weighted by molar-refractivity contribution is -0.141. The van der Waals surface area contributed by atoms with Gasteiger partial charge < -0.3 is 5.11 Å². The Kier molecular flexibility index (Phi) is 3.76. The fourth-order valence-corrected chi connectivity index (χ4v) is 3.40. The topological polar surface area (TPSA) is 57.6 Å². The van der Waals surface area contributed by atoms with Crippen molar-refractivity contribution in [2.75, 3.05) is 6.54 Å². The number of aliphatic hydroxyl groups excluding tert-OH is 1. The molecule has 0 radical (unpaired) electrons. The van der Waals surface area contributed by atoms with E-state index in [0.717, 1.165) is 30.6 Å². The molecule has 0 aromatic heterocycles. The molecule has 3 atom stereocenters. The molecule has 1 N–H and O–H groups in total. The maximum Gasteiger partial charge on any atom is 0.233 e. The summed E-state index contributed by atoms with van der Waals surface area (Å²) < 4.78 is 13.2. The summed E-state index contributed by atoms with van der Waals surface area (Å²) in [4.78, 5) is 25.8. The molecule has 1 heterocycles. The van der Waals surface area contributed by atoms with E-state index in [0.29, 0.717) is 5.56 Å². The fourth-order valence-electron chi connectivity index (χ4n) is 3.40. The van der Waals surface area contributed by atoms with Crippen molar-refractivity contribution in [3.8, 4) is 0 Å². The summed E-state index contributed by atoms with van der Waals surface area (Å²) in [6.07, 6.45) is 2.40. The number of carbonyl (C=O) groups is 2. The van der Waals surface area contributed by atoms with Gasteiger partial charge in [-0.1, -0.05) is 25.0 Å². The van der Waals surface area contributed by atoms with Gasteiger partial charge in [0.1, 0.15) is 5.82 Å². The van der Waals surface area contributed by atoms with Crippen LogP contribution in [-0.2, 0) is 9.59 Å². The van der Waals surface area contributed by atoms with Gasteiger partial charge in [-0.2, -0.15) is 0 Å². The molecule has 1 aromatic carbocycles. The van der Waals surface area contributed by atoms with Gasteiger partial charge >= 0.3 is 0 Å². The van der Waals surface area contributed by atoms with Crippen molar-refractivity contribution < 1.29 is 19.1 Å². The number of imide groups is 1. The summed E-state index contributed by atoms with van der Waals surface area (Å²) >= 11 is 0. The Morgan fingerprint density at radius 1 is 1.19 bits per heavy atom. The van der Waals surface area contributed by atoms with Crippen molar-refractivity contribution >= 4 is 11.8 Å². The summed E-state index contributed by atoms with van der Waals surface area (Å²) in [5.74, 6) is -1.24. The first-order valence-electron chi connectivity index (χ1n) is 7.36. The van der Waals surface area contributed by atoms with E-state index < -0.39 is 11.9 Å². The minimum atomic E-state index is -1.05. The Labute approximate surface area is 122 Å². The molecule has 0 bridgehead atoms. The van der Waals surface area contributed by atoms with Crippen LogP contribution in [0.4, 0.5) is 4.39 Å². The molecule has 5 heteroatoms. The van der Waals surface area contributed by atoms with Crippen LogP contribution in [0.3, 0.4) is 0 Å². The second-order valence-electron chi connectivity index (χ2n) is 5.86. The van der Waals surface area contributed by atoms with Gasteiger partial charge in [-0.15, -0.1) is 0 Å². The van der Waals surface area contributed by atoms with Gasteiger partial charge in [-0.3, -0.25) is 14.5 Å². The average molecular weight is 291 g/mol. The smallest absolute Gasteiger partial charge is 0.233 e. The maximum atomic E-state index is 13.2. The Balaban J connectivity index is 1.75. The van der Waals surface area contributed by atoms with E-state index in [4.69, 9.17) is 0 Å². The lowest BCUT2D eigenvalue weighted by Crippen LogP contribution is -2.35. The highest BCUT2D eigenvalue weighted by atomic mass is 19.1. The molecule has 1 saturated carbocycles. The van der Waals surface area contributed by atoms with Gasteiger partial charge in [0.25, 0.3) is 0 Å². The van der Waals surface area contributed by atoms with Crippen LogP contribution < -0.4 is 0 Å². The van der Waals surface area contributed by atoms with E-state index in [9.17, 15) is 19.1 Å². The van der Waals surface area contributed by atoms with Crippen LogP contribution in [0.25, 0.3) is 0 Å². The van der Waals surface area contributed by atoms with E-state index in [1.54, 1.807) is 6.07 Å². The van der Waals surface area contributed by atoms with E-state index in [2.05, 4.69) is 0 Å². The Morgan fingerprint density at radius 2 is 1.81 bits per heavy atom. The molecule has 112 valence electrons. The third-order valence-electron chi connectivity index (χ3n) is 4.52. The number of carbonyl (C=O) groups excluding carboxylic acids is 2. The van der Waals surface area contributed by atoms with Crippen LogP contribution in [0.2, 0.25) is 0 Å². The highest BCUT2D eigenvalue weighted by Crippen LogP contribution is 2.38. The quantitative estimate of drug-likeness (QED) is 0.867. The molecule has 0 unspecified atom stereocenters. The summed E-state index contributed by atoms with van der Waals surface area (Å²) in [5, 5.41) is 10.2. The molecule has 4 nitrogen and oxygen atoms in total. The second-order valence-corrected chi connectivity index (χ2v) is 5.86. The standard InChI is InChI=1S/C16H18FNO3/c17-11-5-3-4-10(8-11)14(19)9-18-15(20)12-6-1-2-7-13(12)16(18)21/h3-5,8,12-14,19H,1-2,6-7,9H2/t12-,13+,14-/m1/s1. The molecule has 1 aromatic rings. The number of β-amino-alcohol motifs (C(OH)–C–C–N with tert-alkyl or cyclic N) is 1. The van der Waals surface area contributed by atoms with Crippen molar-refractivity contribution in [1.82, 2.24) is 4.90 Å². The van der Waals surface area contributed by atoms with Crippen molar-refractivity contribution in [2.45, 2.75) is 31.8 Å². The largest absolute Gasteiger partial charge is 0.387 e. The minimum Gasteiger partial charge on any atom is -0.387 e. The molecule has 1 aliphatic carbocycles. The molecule has 2 amide bonds. The molecule has 2 fully saturated rings. The lowest BCUT2D eigenvalue weighted by atomic mass is 9.81. The zero-order valence-electron chi connectivity index (χ0n) is 11.7. The molecule has 3 rings (SSSR count). The predicted molar refractivity (Wildman–Crippen MR) is 73.5 cm³/mol. The van der Waals surface area contributed by atoms with Crippen LogP contribution in [0.15, 0.2) is 24.3 Å². The number of hydrogen-bond donors (Lipinski definition) is 1. The second kappa shape index (κ2) is 5.56.